The summed E-state index contributed by atoms with van der Waals surface area (Å²) in [6.45, 7) is 7.01. The van der Waals surface area contributed by atoms with Crippen LogP contribution in [-0.4, -0.2) is 18.1 Å². The first-order valence-corrected chi connectivity index (χ1v) is 7.97. The fraction of sp³-hybridized carbons (Fsp3) is 0.786. The van der Waals surface area contributed by atoms with Gasteiger partial charge in [-0.05, 0) is 37.5 Å². The van der Waals surface area contributed by atoms with Crippen LogP contribution in [0.5, 0.6) is 0 Å². The molecule has 3 rings (SSSR count). The van der Waals surface area contributed by atoms with Crippen molar-refractivity contribution in [2.45, 2.75) is 45.6 Å². The topological polar surface area (TPSA) is 42.2 Å². The number of rotatable bonds is 2. The normalized spacial score (nSPS) is 27.9. The summed E-state index contributed by atoms with van der Waals surface area (Å²) in [6.07, 6.45) is 4.77. The van der Waals surface area contributed by atoms with E-state index in [1.165, 1.54) is 41.6 Å². The van der Waals surface area contributed by atoms with Crippen molar-refractivity contribution < 1.29 is 0 Å². The highest BCUT2D eigenvalue weighted by molar-refractivity contribution is 7.15. The number of hydrogen-bond acceptors (Lipinski definition) is 4. The van der Waals surface area contributed by atoms with Gasteiger partial charge in [0.15, 0.2) is 5.13 Å². The van der Waals surface area contributed by atoms with Crippen LogP contribution in [0.3, 0.4) is 0 Å². The fourth-order valence-electron chi connectivity index (χ4n) is 3.08. The number of aryl methyl sites for hydroxylation is 1. The second kappa shape index (κ2) is 4.82. The smallest absolute Gasteiger partial charge is 0.185 e. The van der Waals surface area contributed by atoms with Gasteiger partial charge in [0, 0.05) is 24.0 Å². The summed E-state index contributed by atoms with van der Waals surface area (Å²) < 4.78 is 0. The van der Waals surface area contributed by atoms with Crippen LogP contribution in [0, 0.1) is 11.8 Å². The van der Waals surface area contributed by atoms with E-state index in [0.29, 0.717) is 0 Å². The number of anilines is 1. The molecule has 1 aromatic heterocycles. The molecule has 2 heterocycles. The molecule has 1 aromatic rings. The second-order valence-corrected chi connectivity index (χ2v) is 7.05. The predicted octanol–water partition coefficient (Wildman–Crippen LogP) is 2.96. The molecule has 2 N–H and O–H groups in total. The predicted molar refractivity (Wildman–Crippen MR) is 77.1 cm³/mol. The second-order valence-electron chi connectivity index (χ2n) is 6.04. The molecule has 2 aliphatic rings. The van der Waals surface area contributed by atoms with Gasteiger partial charge in [0.25, 0.3) is 0 Å². The molecule has 100 valence electrons. The van der Waals surface area contributed by atoms with Gasteiger partial charge >= 0.3 is 0 Å². The van der Waals surface area contributed by atoms with Gasteiger partial charge in [0.1, 0.15) is 0 Å². The monoisotopic (exact) mass is 265 g/mol. The van der Waals surface area contributed by atoms with E-state index in [9.17, 15) is 0 Å². The number of fused-ring (bicyclic) bond motifs is 1. The molecule has 18 heavy (non-hydrogen) atoms. The summed E-state index contributed by atoms with van der Waals surface area (Å²) >= 11 is 1.84. The molecular formula is C14H23N3S. The Morgan fingerprint density at radius 1 is 1.39 bits per heavy atom. The Morgan fingerprint density at radius 2 is 2.22 bits per heavy atom. The van der Waals surface area contributed by atoms with Gasteiger partial charge < -0.3 is 10.6 Å². The Bertz CT molecular complexity index is 427. The molecule has 0 aromatic carbocycles. The number of nitrogens with two attached hydrogens (primary N) is 1. The molecule has 2 unspecified atom stereocenters. The van der Waals surface area contributed by atoms with Crippen LogP contribution in [0.15, 0.2) is 0 Å². The molecule has 1 saturated heterocycles. The minimum atomic E-state index is 0.239. The lowest BCUT2D eigenvalue weighted by Gasteiger charge is -2.16. The van der Waals surface area contributed by atoms with Crippen LogP contribution in [-0.2, 0) is 6.42 Å². The molecule has 1 aliphatic carbocycles. The Hall–Kier alpha value is -0.610. The fourth-order valence-corrected chi connectivity index (χ4v) is 4.26. The van der Waals surface area contributed by atoms with Gasteiger partial charge in [-0.2, -0.15) is 0 Å². The van der Waals surface area contributed by atoms with Gasteiger partial charge in [0.05, 0.1) is 5.69 Å². The molecule has 0 amide bonds. The lowest BCUT2D eigenvalue weighted by Crippen LogP contribution is -2.20. The van der Waals surface area contributed by atoms with E-state index in [0.717, 1.165) is 24.7 Å². The third-order valence-electron chi connectivity index (χ3n) is 4.42. The van der Waals surface area contributed by atoms with E-state index < -0.39 is 0 Å². The van der Waals surface area contributed by atoms with Gasteiger partial charge in [0.2, 0.25) is 0 Å². The maximum atomic E-state index is 6.19. The van der Waals surface area contributed by atoms with E-state index in [-0.39, 0.29) is 6.04 Å². The first-order chi connectivity index (χ1) is 8.65. The Balaban J connectivity index is 1.78. The molecule has 4 heteroatoms. The van der Waals surface area contributed by atoms with Gasteiger partial charge in [-0.15, -0.1) is 0 Å². The van der Waals surface area contributed by atoms with E-state index in [4.69, 9.17) is 10.7 Å². The maximum Gasteiger partial charge on any atom is 0.185 e. The molecule has 0 bridgehead atoms. The first kappa shape index (κ1) is 12.4. The molecule has 1 aliphatic heterocycles. The summed E-state index contributed by atoms with van der Waals surface area (Å²) in [4.78, 5) is 8.67. The van der Waals surface area contributed by atoms with Gasteiger partial charge in [-0.25, -0.2) is 4.98 Å². The molecule has 1 fully saturated rings. The molecule has 0 spiro atoms. The van der Waals surface area contributed by atoms with Gasteiger partial charge in [-0.3, -0.25) is 0 Å². The lowest BCUT2D eigenvalue weighted by atomic mass is 9.95. The SMILES string of the molecule is CC(C)C1CCN(c2nc3c(s2)C(N)CCC3)C1. The summed E-state index contributed by atoms with van der Waals surface area (Å²) in [6, 6.07) is 0.239. The van der Waals surface area contributed by atoms with Crippen LogP contribution < -0.4 is 10.6 Å². The minimum Gasteiger partial charge on any atom is -0.348 e. The van der Waals surface area contributed by atoms with Crippen molar-refractivity contribution in [3.63, 3.8) is 0 Å². The Morgan fingerprint density at radius 3 is 2.89 bits per heavy atom. The standard InChI is InChI=1S/C14H23N3S/c1-9(2)10-6-7-17(8-10)14-16-12-5-3-4-11(15)13(12)18-14/h9-11H,3-8,15H2,1-2H3. The van der Waals surface area contributed by atoms with Crippen LogP contribution >= 0.6 is 11.3 Å². The van der Waals surface area contributed by atoms with Crippen LogP contribution in [0.2, 0.25) is 0 Å². The van der Waals surface area contributed by atoms with Crippen LogP contribution in [0.25, 0.3) is 0 Å². The highest BCUT2D eigenvalue weighted by Gasteiger charge is 2.29. The van der Waals surface area contributed by atoms with Crippen molar-refractivity contribution in [3.8, 4) is 0 Å². The largest absolute Gasteiger partial charge is 0.348 e. The number of hydrogen-bond donors (Lipinski definition) is 1. The maximum absolute atomic E-state index is 6.19. The summed E-state index contributed by atoms with van der Waals surface area (Å²) in [7, 11) is 0. The van der Waals surface area contributed by atoms with Crippen molar-refractivity contribution in [1.29, 1.82) is 0 Å². The summed E-state index contributed by atoms with van der Waals surface area (Å²) in [5.41, 5.74) is 7.47. The Kier molecular flexibility index (Phi) is 3.32. The van der Waals surface area contributed by atoms with Gasteiger partial charge in [-0.1, -0.05) is 25.2 Å². The van der Waals surface area contributed by atoms with Crippen molar-refractivity contribution in [1.82, 2.24) is 4.98 Å². The number of aromatic nitrogens is 1. The average Bonchev–Trinajstić information content (AvgIpc) is 2.95. The van der Waals surface area contributed by atoms with Crippen molar-refractivity contribution in [2.75, 3.05) is 18.0 Å². The molecule has 0 radical (unpaired) electrons. The molecular weight excluding hydrogens is 242 g/mol. The third-order valence-corrected chi connectivity index (χ3v) is 5.71. The molecule has 0 saturated carbocycles. The number of thiazole rings is 1. The van der Waals surface area contributed by atoms with Crippen molar-refractivity contribution in [3.05, 3.63) is 10.6 Å². The minimum absolute atomic E-state index is 0.239. The van der Waals surface area contributed by atoms with E-state index in [1.807, 2.05) is 11.3 Å². The Labute approximate surface area is 113 Å². The molecule has 3 nitrogen and oxygen atoms in total. The zero-order chi connectivity index (χ0) is 12.7. The summed E-state index contributed by atoms with van der Waals surface area (Å²) in [5.74, 6) is 1.62. The highest BCUT2D eigenvalue weighted by Crippen LogP contribution is 2.38. The van der Waals surface area contributed by atoms with E-state index in [1.54, 1.807) is 0 Å². The lowest BCUT2D eigenvalue weighted by molar-refractivity contribution is 0.422. The zero-order valence-corrected chi connectivity index (χ0v) is 12.2. The first-order valence-electron chi connectivity index (χ1n) is 7.15. The van der Waals surface area contributed by atoms with Crippen LogP contribution in [0.1, 0.15) is 49.7 Å². The average molecular weight is 265 g/mol. The highest BCUT2D eigenvalue weighted by atomic mass is 32.1. The quantitative estimate of drug-likeness (QED) is 0.894. The van der Waals surface area contributed by atoms with Crippen molar-refractivity contribution >= 4 is 16.5 Å². The van der Waals surface area contributed by atoms with E-state index >= 15 is 0 Å². The zero-order valence-electron chi connectivity index (χ0n) is 11.4. The third kappa shape index (κ3) is 2.16. The summed E-state index contributed by atoms with van der Waals surface area (Å²) in [5, 5.41) is 1.22. The number of nitrogens with zero attached hydrogens (tertiary/aromatic N) is 2. The van der Waals surface area contributed by atoms with Crippen LogP contribution in [0.4, 0.5) is 5.13 Å². The van der Waals surface area contributed by atoms with Crippen molar-refractivity contribution in [2.24, 2.45) is 17.6 Å². The van der Waals surface area contributed by atoms with E-state index in [2.05, 4.69) is 18.7 Å². The molecule has 2 atom stereocenters.